The van der Waals surface area contributed by atoms with Gasteiger partial charge in [0.05, 0.1) is 46.8 Å². The van der Waals surface area contributed by atoms with Crippen molar-refractivity contribution in [3.8, 4) is 0 Å². The molecular weight excluding hydrogens is 468 g/mol. The van der Waals surface area contributed by atoms with E-state index in [-0.39, 0.29) is 26.2 Å². The summed E-state index contributed by atoms with van der Waals surface area (Å²) in [6, 6.07) is 0. The Morgan fingerprint density at radius 2 is 0.941 bits per heavy atom. The SMILES string of the molecule is COC(=O)CCC(CN1CCN(CC(CCC(=O)OC)([N+](=O)[O-])[N+](=O)[O-])CC1)([N+](=O)[O-])[N+](=O)[O-]. The molecule has 0 amide bonds. The zero-order chi connectivity index (χ0) is 26.1. The van der Waals surface area contributed by atoms with Crippen LogP contribution in [-0.4, -0.2) is 106 Å². The molecule has 0 bridgehead atoms. The molecular formula is C16H26N6O12. The fourth-order valence-corrected chi connectivity index (χ4v) is 3.52. The molecule has 0 aliphatic carbocycles. The van der Waals surface area contributed by atoms with Gasteiger partial charge in [-0.05, 0) is 0 Å². The van der Waals surface area contributed by atoms with Crippen molar-refractivity contribution in [2.45, 2.75) is 37.0 Å². The fraction of sp³-hybridized carbons (Fsp3) is 0.875. The number of nitrogens with zero attached hydrogens (tertiary/aromatic N) is 6. The molecule has 1 rings (SSSR count). The van der Waals surface area contributed by atoms with Gasteiger partial charge in [-0.25, -0.2) is 0 Å². The van der Waals surface area contributed by atoms with Crippen LogP contribution in [0.3, 0.4) is 0 Å². The zero-order valence-electron chi connectivity index (χ0n) is 18.7. The molecule has 0 atom stereocenters. The zero-order valence-corrected chi connectivity index (χ0v) is 18.7. The highest BCUT2D eigenvalue weighted by molar-refractivity contribution is 5.69. The third kappa shape index (κ3) is 6.73. The second kappa shape index (κ2) is 12.1. The molecule has 1 fully saturated rings. The molecule has 1 saturated heterocycles. The molecule has 1 aliphatic heterocycles. The molecule has 18 heteroatoms. The lowest BCUT2D eigenvalue weighted by Crippen LogP contribution is -2.61. The maximum absolute atomic E-state index is 11.6. The quantitative estimate of drug-likeness (QED) is 0.122. The van der Waals surface area contributed by atoms with Gasteiger partial charge < -0.3 is 9.47 Å². The normalized spacial score (nSPS) is 15.4. The average Bonchev–Trinajstić information content (AvgIpc) is 2.78. The lowest BCUT2D eigenvalue weighted by Gasteiger charge is -2.36. The van der Waals surface area contributed by atoms with Crippen LogP contribution in [0.2, 0.25) is 0 Å². The summed E-state index contributed by atoms with van der Waals surface area (Å²) in [4.78, 5) is 67.5. The van der Waals surface area contributed by atoms with E-state index in [1.165, 1.54) is 9.80 Å². The summed E-state index contributed by atoms with van der Waals surface area (Å²) >= 11 is 0. The number of hydrogen-bond acceptors (Lipinski definition) is 14. The number of methoxy groups -OCH3 is 2. The number of ether oxygens (including phenoxy) is 2. The summed E-state index contributed by atoms with van der Waals surface area (Å²) in [5.74, 6) is -1.69. The van der Waals surface area contributed by atoms with Crippen LogP contribution < -0.4 is 0 Å². The van der Waals surface area contributed by atoms with Gasteiger partial charge in [-0.2, -0.15) is 0 Å². The first-order chi connectivity index (χ1) is 15.8. The van der Waals surface area contributed by atoms with Gasteiger partial charge in [0, 0.05) is 26.2 Å². The van der Waals surface area contributed by atoms with Crippen LogP contribution in [0, 0.1) is 40.5 Å². The van der Waals surface area contributed by atoms with Crippen molar-refractivity contribution in [3.63, 3.8) is 0 Å². The average molecular weight is 494 g/mol. The Labute approximate surface area is 192 Å². The van der Waals surface area contributed by atoms with Gasteiger partial charge in [-0.15, -0.1) is 0 Å². The molecule has 192 valence electrons. The van der Waals surface area contributed by atoms with Crippen LogP contribution in [0.1, 0.15) is 25.7 Å². The second-order valence-corrected chi connectivity index (χ2v) is 7.70. The van der Waals surface area contributed by atoms with Crippen LogP contribution in [0.5, 0.6) is 0 Å². The van der Waals surface area contributed by atoms with Crippen LogP contribution in [0.4, 0.5) is 0 Å². The molecule has 0 aromatic carbocycles. The van der Waals surface area contributed by atoms with E-state index in [4.69, 9.17) is 0 Å². The molecule has 1 aliphatic rings. The molecule has 1 heterocycles. The topological polar surface area (TPSA) is 232 Å². The maximum atomic E-state index is 11.6. The highest BCUT2D eigenvalue weighted by Crippen LogP contribution is 2.24. The summed E-state index contributed by atoms with van der Waals surface area (Å²) in [6.07, 6.45) is -2.52. The summed E-state index contributed by atoms with van der Waals surface area (Å²) in [7, 11) is 2.09. The van der Waals surface area contributed by atoms with Crippen LogP contribution in [0.15, 0.2) is 0 Å². The van der Waals surface area contributed by atoms with E-state index in [0.29, 0.717) is 0 Å². The van der Waals surface area contributed by atoms with Crippen molar-refractivity contribution in [3.05, 3.63) is 40.5 Å². The van der Waals surface area contributed by atoms with Crippen molar-refractivity contribution >= 4 is 11.9 Å². The maximum Gasteiger partial charge on any atom is 0.471 e. The standard InChI is InChI=1S/C16H26N6O12/c1-33-13(23)3-5-15(19(25)26,20(27)28)11-17-7-9-18(10-8-17)12-16(21(29)30,22(31)32)6-4-14(24)34-2/h3-12H2,1-2H3. The first-order valence-corrected chi connectivity index (χ1v) is 10.0. The number of esters is 2. The lowest BCUT2D eigenvalue weighted by atomic mass is 10.0. The van der Waals surface area contributed by atoms with E-state index in [0.717, 1.165) is 14.2 Å². The molecule has 0 aromatic rings. The van der Waals surface area contributed by atoms with E-state index >= 15 is 0 Å². The number of rotatable bonds is 14. The van der Waals surface area contributed by atoms with Crippen molar-refractivity contribution < 1.29 is 38.8 Å². The van der Waals surface area contributed by atoms with Gasteiger partial charge in [0.25, 0.3) is 0 Å². The Hall–Kier alpha value is -3.54. The van der Waals surface area contributed by atoms with Gasteiger partial charge >= 0.3 is 23.3 Å². The van der Waals surface area contributed by atoms with E-state index in [2.05, 4.69) is 9.47 Å². The Balaban J connectivity index is 2.92. The molecule has 0 aromatic heterocycles. The molecule has 0 saturated carbocycles. The first-order valence-electron chi connectivity index (χ1n) is 10.0. The second-order valence-electron chi connectivity index (χ2n) is 7.70. The van der Waals surface area contributed by atoms with E-state index in [9.17, 15) is 50.0 Å². The van der Waals surface area contributed by atoms with Crippen molar-refractivity contribution in [1.82, 2.24) is 9.80 Å². The number of carbonyl (C=O) groups excluding carboxylic acids is 2. The van der Waals surface area contributed by atoms with Crippen LogP contribution in [0.25, 0.3) is 0 Å². The fourth-order valence-electron chi connectivity index (χ4n) is 3.52. The number of hydrogen-bond donors (Lipinski definition) is 0. The van der Waals surface area contributed by atoms with Crippen LogP contribution in [-0.2, 0) is 19.1 Å². The molecule has 18 nitrogen and oxygen atoms in total. The van der Waals surface area contributed by atoms with E-state index < -0.39 is 81.7 Å². The molecule has 0 N–H and O–H groups in total. The summed E-state index contributed by atoms with van der Waals surface area (Å²) in [6.45, 7) is -1.33. The van der Waals surface area contributed by atoms with Gasteiger partial charge in [-0.1, -0.05) is 0 Å². The summed E-state index contributed by atoms with van der Waals surface area (Å²) in [5, 5.41) is 46.3. The first kappa shape index (κ1) is 28.5. The number of carbonyl (C=O) groups is 2. The van der Waals surface area contributed by atoms with Crippen LogP contribution >= 0.6 is 0 Å². The third-order valence-corrected chi connectivity index (χ3v) is 5.69. The largest absolute Gasteiger partial charge is 0.471 e. The van der Waals surface area contributed by atoms with Crippen molar-refractivity contribution in [2.75, 3.05) is 53.5 Å². The predicted molar refractivity (Wildman–Crippen MR) is 109 cm³/mol. The Morgan fingerprint density at radius 1 is 0.676 bits per heavy atom. The van der Waals surface area contributed by atoms with E-state index in [1.54, 1.807) is 0 Å². The minimum atomic E-state index is -2.68. The van der Waals surface area contributed by atoms with Gasteiger partial charge in [0.15, 0.2) is 0 Å². The minimum absolute atomic E-state index is 0.00976. The van der Waals surface area contributed by atoms with Crippen molar-refractivity contribution in [2.24, 2.45) is 0 Å². The highest BCUT2D eigenvalue weighted by Gasteiger charge is 2.59. The third-order valence-electron chi connectivity index (χ3n) is 5.69. The summed E-state index contributed by atoms with van der Waals surface area (Å²) in [5.41, 5.74) is -5.36. The van der Waals surface area contributed by atoms with Gasteiger partial charge in [0.1, 0.15) is 25.9 Å². The molecule has 34 heavy (non-hydrogen) atoms. The Bertz CT molecular complexity index is 718. The van der Waals surface area contributed by atoms with Gasteiger partial charge in [0.2, 0.25) is 0 Å². The minimum Gasteiger partial charge on any atom is -0.469 e. The Morgan fingerprint density at radius 3 is 1.15 bits per heavy atom. The number of nitro groups is 4. The number of piperazine rings is 1. The van der Waals surface area contributed by atoms with Crippen molar-refractivity contribution in [1.29, 1.82) is 0 Å². The molecule has 0 radical (unpaired) electrons. The Kier molecular flexibility index (Phi) is 10.1. The summed E-state index contributed by atoms with van der Waals surface area (Å²) < 4.78 is 8.79. The van der Waals surface area contributed by atoms with E-state index in [1.807, 2.05) is 0 Å². The highest BCUT2D eigenvalue weighted by atomic mass is 16.7. The lowest BCUT2D eigenvalue weighted by molar-refractivity contribution is -0.798. The molecule has 0 spiro atoms. The predicted octanol–water partition coefficient (Wildman–Crippen LogP) is -0.990. The monoisotopic (exact) mass is 494 g/mol. The smallest absolute Gasteiger partial charge is 0.469 e. The molecule has 0 unspecified atom stereocenters. The van der Waals surface area contributed by atoms with Gasteiger partial charge in [-0.3, -0.25) is 59.8 Å².